The number of carboxylic acids is 3. The van der Waals surface area contributed by atoms with E-state index in [9.17, 15) is 14.4 Å². The summed E-state index contributed by atoms with van der Waals surface area (Å²) in [5.74, 6) is -2.33. The summed E-state index contributed by atoms with van der Waals surface area (Å²) < 4.78 is 0.821. The normalized spacial score (nSPS) is 11.8. The molecule has 7 heteroatoms. The number of rotatable bonds is 31. The lowest BCUT2D eigenvalue weighted by atomic mass is 10.0. The zero-order chi connectivity index (χ0) is 29.7. The van der Waals surface area contributed by atoms with Crippen LogP contribution in [0.3, 0.4) is 0 Å². The van der Waals surface area contributed by atoms with Crippen LogP contribution in [0.4, 0.5) is 0 Å². The SMILES string of the molecule is CCCCCCCCCCCCCC/C=C/CC[N+](CCCCC(=O)O)(CCCCC(=O)O)CCCCC(=O)O. The molecular formula is C33H62NO6+. The van der Waals surface area contributed by atoms with Crippen molar-refractivity contribution in [3.63, 3.8) is 0 Å². The van der Waals surface area contributed by atoms with Crippen LogP contribution >= 0.6 is 0 Å². The summed E-state index contributed by atoms with van der Waals surface area (Å²) in [7, 11) is 0. The standard InChI is InChI=1S/C33H61NO6/c1-2-3-4-5-6-7-8-9-10-11-12-13-14-15-16-20-27-34(28-21-17-24-31(35)36,29-22-18-25-32(37)38)30-23-19-26-33(39)40/h15-16H,2-14,17-30H2,1H3,(H2-,35,36,37,38,39,40)/p+1/b16-15+. The van der Waals surface area contributed by atoms with E-state index in [4.69, 9.17) is 15.3 Å². The Labute approximate surface area is 245 Å². The first-order valence-corrected chi connectivity index (χ1v) is 16.5. The second kappa shape index (κ2) is 27.3. The maximum absolute atomic E-state index is 11.0. The summed E-state index contributed by atoms with van der Waals surface area (Å²) in [5, 5.41) is 27.1. The lowest BCUT2D eigenvalue weighted by Crippen LogP contribution is -2.50. The van der Waals surface area contributed by atoms with E-state index >= 15 is 0 Å². The summed E-state index contributed by atoms with van der Waals surface area (Å²) in [6.45, 7) is 5.78. The van der Waals surface area contributed by atoms with Gasteiger partial charge in [0, 0.05) is 25.7 Å². The molecule has 0 atom stereocenters. The van der Waals surface area contributed by atoms with Gasteiger partial charge >= 0.3 is 17.9 Å². The molecule has 0 radical (unpaired) electrons. The van der Waals surface area contributed by atoms with Crippen molar-refractivity contribution in [2.24, 2.45) is 0 Å². The fourth-order valence-corrected chi connectivity index (χ4v) is 5.53. The zero-order valence-corrected chi connectivity index (χ0v) is 25.8. The molecule has 0 saturated carbocycles. The minimum Gasteiger partial charge on any atom is -0.481 e. The summed E-state index contributed by atoms with van der Waals surface area (Å²) in [5.41, 5.74) is 0. The molecule has 0 aliphatic heterocycles. The summed E-state index contributed by atoms with van der Waals surface area (Å²) in [4.78, 5) is 33.0. The third-order valence-electron chi connectivity index (χ3n) is 7.98. The Hall–Kier alpha value is -1.89. The van der Waals surface area contributed by atoms with Crippen molar-refractivity contribution in [1.82, 2.24) is 0 Å². The highest BCUT2D eigenvalue weighted by Gasteiger charge is 2.26. The van der Waals surface area contributed by atoms with Gasteiger partial charge in [-0.25, -0.2) is 0 Å². The highest BCUT2D eigenvalue weighted by Crippen LogP contribution is 2.18. The van der Waals surface area contributed by atoms with Gasteiger partial charge < -0.3 is 19.8 Å². The smallest absolute Gasteiger partial charge is 0.303 e. The lowest BCUT2D eigenvalue weighted by molar-refractivity contribution is -0.928. The van der Waals surface area contributed by atoms with Crippen molar-refractivity contribution in [3.8, 4) is 0 Å². The molecule has 0 spiro atoms. The molecule has 0 aromatic heterocycles. The van der Waals surface area contributed by atoms with Crippen LogP contribution < -0.4 is 0 Å². The van der Waals surface area contributed by atoms with Crippen LogP contribution in [0.1, 0.15) is 155 Å². The van der Waals surface area contributed by atoms with Crippen LogP contribution in [0.15, 0.2) is 12.2 Å². The van der Waals surface area contributed by atoms with Crippen LogP contribution in [0, 0.1) is 0 Å². The van der Waals surface area contributed by atoms with Gasteiger partial charge in [-0.2, -0.15) is 0 Å². The Morgan fingerprint density at radius 3 is 1.18 bits per heavy atom. The largest absolute Gasteiger partial charge is 0.481 e. The number of hydrogen-bond acceptors (Lipinski definition) is 3. The Morgan fingerprint density at radius 2 is 0.800 bits per heavy atom. The number of unbranched alkanes of at least 4 members (excludes halogenated alkanes) is 15. The molecule has 0 amide bonds. The van der Waals surface area contributed by atoms with Crippen molar-refractivity contribution in [3.05, 3.63) is 12.2 Å². The summed E-state index contributed by atoms with van der Waals surface area (Å²) >= 11 is 0. The molecule has 0 fully saturated rings. The van der Waals surface area contributed by atoms with Crippen LogP contribution in [0.2, 0.25) is 0 Å². The third kappa shape index (κ3) is 26.3. The zero-order valence-electron chi connectivity index (χ0n) is 25.8. The fraction of sp³-hybridized carbons (Fsp3) is 0.848. The van der Waals surface area contributed by atoms with Crippen LogP contribution in [-0.2, 0) is 14.4 Å². The van der Waals surface area contributed by atoms with E-state index in [1.807, 2.05) is 0 Å². The Bertz CT molecular complexity index is 608. The van der Waals surface area contributed by atoms with Gasteiger partial charge in [-0.15, -0.1) is 0 Å². The maximum atomic E-state index is 11.0. The second-order valence-corrected chi connectivity index (χ2v) is 11.7. The Morgan fingerprint density at radius 1 is 0.450 bits per heavy atom. The van der Waals surface area contributed by atoms with Gasteiger partial charge in [0.2, 0.25) is 0 Å². The molecule has 234 valence electrons. The average molecular weight is 569 g/mol. The fourth-order valence-electron chi connectivity index (χ4n) is 5.53. The number of nitrogens with zero attached hydrogens (tertiary/aromatic N) is 1. The van der Waals surface area contributed by atoms with E-state index in [1.54, 1.807) is 0 Å². The van der Waals surface area contributed by atoms with Crippen LogP contribution in [0.5, 0.6) is 0 Å². The molecule has 0 heterocycles. The number of allylic oxidation sites excluding steroid dienone is 1. The number of aliphatic carboxylic acids is 3. The summed E-state index contributed by atoms with van der Waals surface area (Å²) in [6, 6.07) is 0. The van der Waals surface area contributed by atoms with Gasteiger partial charge in [-0.3, -0.25) is 14.4 Å². The van der Waals surface area contributed by atoms with Crippen molar-refractivity contribution >= 4 is 17.9 Å². The monoisotopic (exact) mass is 568 g/mol. The van der Waals surface area contributed by atoms with Gasteiger partial charge in [-0.1, -0.05) is 89.7 Å². The van der Waals surface area contributed by atoms with E-state index in [2.05, 4.69) is 19.1 Å². The molecule has 0 bridgehead atoms. The molecule has 0 aliphatic rings. The molecule has 0 saturated heterocycles. The Balaban J connectivity index is 4.51. The van der Waals surface area contributed by atoms with Crippen molar-refractivity contribution < 1.29 is 34.2 Å². The topological polar surface area (TPSA) is 112 Å². The predicted octanol–water partition coefficient (Wildman–Crippen LogP) is 8.61. The molecule has 0 rings (SSSR count). The number of quaternary nitrogens is 1. The molecule has 0 aliphatic carbocycles. The first-order chi connectivity index (χ1) is 19.3. The molecule has 40 heavy (non-hydrogen) atoms. The second-order valence-electron chi connectivity index (χ2n) is 11.7. The minimum atomic E-state index is -0.776. The number of carbonyl (C=O) groups is 3. The van der Waals surface area contributed by atoms with E-state index in [0.717, 1.165) is 62.8 Å². The molecule has 0 aromatic rings. The third-order valence-corrected chi connectivity index (χ3v) is 7.98. The highest BCUT2D eigenvalue weighted by molar-refractivity contribution is 5.67. The van der Waals surface area contributed by atoms with Crippen molar-refractivity contribution in [2.75, 3.05) is 26.2 Å². The predicted molar refractivity (Wildman–Crippen MR) is 164 cm³/mol. The van der Waals surface area contributed by atoms with Gasteiger partial charge in [-0.05, 0) is 51.4 Å². The number of carboxylic acid groups (broad SMARTS) is 3. The maximum Gasteiger partial charge on any atom is 0.303 e. The van der Waals surface area contributed by atoms with Gasteiger partial charge in [0.05, 0.1) is 26.2 Å². The Kier molecular flexibility index (Phi) is 26.0. The molecular weight excluding hydrogens is 506 g/mol. The molecule has 0 unspecified atom stereocenters. The highest BCUT2D eigenvalue weighted by atomic mass is 16.4. The average Bonchev–Trinajstić information content (AvgIpc) is 2.91. The molecule has 3 N–H and O–H groups in total. The van der Waals surface area contributed by atoms with Crippen molar-refractivity contribution in [2.45, 2.75) is 155 Å². The minimum absolute atomic E-state index is 0.164. The lowest BCUT2D eigenvalue weighted by Gasteiger charge is -2.39. The van der Waals surface area contributed by atoms with Gasteiger partial charge in [0.25, 0.3) is 0 Å². The van der Waals surface area contributed by atoms with Crippen molar-refractivity contribution in [1.29, 1.82) is 0 Å². The van der Waals surface area contributed by atoms with E-state index in [0.29, 0.717) is 19.3 Å². The van der Waals surface area contributed by atoms with Crippen LogP contribution in [-0.4, -0.2) is 63.9 Å². The molecule has 0 aromatic carbocycles. The van der Waals surface area contributed by atoms with E-state index < -0.39 is 17.9 Å². The van der Waals surface area contributed by atoms with Gasteiger partial charge in [0.15, 0.2) is 0 Å². The van der Waals surface area contributed by atoms with E-state index in [-0.39, 0.29) is 19.3 Å². The number of hydrogen-bond donors (Lipinski definition) is 3. The van der Waals surface area contributed by atoms with Crippen LogP contribution in [0.25, 0.3) is 0 Å². The first kappa shape index (κ1) is 38.1. The first-order valence-electron chi connectivity index (χ1n) is 16.5. The van der Waals surface area contributed by atoms with E-state index in [1.165, 1.54) is 77.0 Å². The quantitative estimate of drug-likeness (QED) is 0.0438. The molecule has 7 nitrogen and oxygen atoms in total. The van der Waals surface area contributed by atoms with Gasteiger partial charge in [0.1, 0.15) is 0 Å². The summed E-state index contributed by atoms with van der Waals surface area (Å²) in [6.07, 6.45) is 27.7.